The van der Waals surface area contributed by atoms with E-state index in [1.165, 1.54) is 22.1 Å². The Morgan fingerprint density at radius 2 is 1.69 bits per heavy atom. The maximum atomic E-state index is 13.8. The molecular formula is C33H38N4O2. The van der Waals surface area contributed by atoms with Crippen molar-refractivity contribution in [1.82, 2.24) is 14.8 Å². The third-order valence-corrected chi connectivity index (χ3v) is 7.56. The van der Waals surface area contributed by atoms with Gasteiger partial charge in [-0.3, -0.25) is 4.79 Å². The average Bonchev–Trinajstić information content (AvgIpc) is 3.70. The number of aryl methyl sites for hydroxylation is 1. The molecule has 0 unspecified atom stereocenters. The molecule has 202 valence electrons. The summed E-state index contributed by atoms with van der Waals surface area (Å²) in [4.78, 5) is 34.0. The lowest BCUT2D eigenvalue weighted by atomic mass is 10.0. The molecule has 1 aromatic heterocycles. The van der Waals surface area contributed by atoms with Crippen LogP contribution < -0.4 is 5.32 Å². The van der Waals surface area contributed by atoms with E-state index in [4.69, 9.17) is 0 Å². The Hall–Kier alpha value is -4.06. The van der Waals surface area contributed by atoms with E-state index in [1.54, 1.807) is 4.90 Å². The number of hydrogen-bond acceptors (Lipinski definition) is 2. The van der Waals surface area contributed by atoms with E-state index in [2.05, 4.69) is 67.5 Å². The smallest absolute Gasteiger partial charge is 0.322 e. The number of para-hydroxylation sites is 1. The molecule has 4 aromatic rings. The number of aromatic nitrogens is 1. The summed E-state index contributed by atoms with van der Waals surface area (Å²) in [7, 11) is 0. The molecule has 0 spiro atoms. The minimum Gasteiger partial charge on any atom is -0.361 e. The molecule has 6 heteroatoms. The largest absolute Gasteiger partial charge is 0.361 e. The number of carbonyl (C=O) groups excluding carboxylic acids is 2. The third-order valence-electron chi connectivity index (χ3n) is 7.56. The second-order valence-corrected chi connectivity index (χ2v) is 11.0. The molecule has 1 aliphatic rings. The van der Waals surface area contributed by atoms with Gasteiger partial charge in [0.25, 0.3) is 0 Å². The van der Waals surface area contributed by atoms with E-state index in [1.807, 2.05) is 47.5 Å². The third kappa shape index (κ3) is 6.69. The van der Waals surface area contributed by atoms with E-state index in [9.17, 15) is 9.59 Å². The van der Waals surface area contributed by atoms with E-state index in [0.717, 1.165) is 36.0 Å². The Bertz CT molecular complexity index is 1420. The Labute approximate surface area is 231 Å². The highest BCUT2D eigenvalue weighted by Crippen LogP contribution is 2.28. The van der Waals surface area contributed by atoms with Crippen LogP contribution in [0.5, 0.6) is 0 Å². The van der Waals surface area contributed by atoms with E-state index < -0.39 is 0 Å². The summed E-state index contributed by atoms with van der Waals surface area (Å²) in [6.45, 7) is 7.51. The van der Waals surface area contributed by atoms with Crippen molar-refractivity contribution in [3.8, 4) is 0 Å². The summed E-state index contributed by atoms with van der Waals surface area (Å²) in [6, 6.07) is 24.4. The number of urea groups is 1. The Morgan fingerprint density at radius 3 is 2.38 bits per heavy atom. The number of fused-ring (bicyclic) bond motifs is 1. The number of H-pyrrole nitrogens is 1. The van der Waals surface area contributed by atoms with Gasteiger partial charge in [-0.2, -0.15) is 0 Å². The molecule has 2 N–H and O–H groups in total. The Kier molecular flexibility index (Phi) is 8.01. The molecule has 0 aliphatic heterocycles. The van der Waals surface area contributed by atoms with Gasteiger partial charge >= 0.3 is 6.03 Å². The van der Waals surface area contributed by atoms with Crippen LogP contribution in [0.25, 0.3) is 10.9 Å². The summed E-state index contributed by atoms with van der Waals surface area (Å²) >= 11 is 0. The van der Waals surface area contributed by atoms with Gasteiger partial charge in [0.1, 0.15) is 6.54 Å². The first-order chi connectivity index (χ1) is 18.9. The van der Waals surface area contributed by atoms with Crippen LogP contribution in [0.4, 0.5) is 10.5 Å². The van der Waals surface area contributed by atoms with Gasteiger partial charge in [-0.25, -0.2) is 4.79 Å². The van der Waals surface area contributed by atoms with Crippen LogP contribution in [0.3, 0.4) is 0 Å². The fraction of sp³-hybridized carbons (Fsp3) is 0.333. The van der Waals surface area contributed by atoms with Crippen molar-refractivity contribution in [2.24, 2.45) is 0 Å². The van der Waals surface area contributed by atoms with Gasteiger partial charge in [0.15, 0.2) is 0 Å². The van der Waals surface area contributed by atoms with Gasteiger partial charge < -0.3 is 20.1 Å². The summed E-state index contributed by atoms with van der Waals surface area (Å²) in [5.74, 6) is 0.395. The molecular weight excluding hydrogens is 484 g/mol. The van der Waals surface area contributed by atoms with Crippen LogP contribution in [0.2, 0.25) is 0 Å². The van der Waals surface area contributed by atoms with Crippen molar-refractivity contribution in [2.45, 2.75) is 58.5 Å². The highest BCUT2D eigenvalue weighted by atomic mass is 16.2. The number of nitrogens with one attached hydrogen (secondary N) is 2. The molecule has 5 rings (SSSR count). The molecule has 1 saturated carbocycles. The summed E-state index contributed by atoms with van der Waals surface area (Å²) in [5.41, 5.74) is 6.53. The van der Waals surface area contributed by atoms with Crippen LogP contribution in [-0.2, 0) is 17.8 Å². The zero-order valence-electron chi connectivity index (χ0n) is 23.1. The number of aromatic amines is 1. The molecule has 1 fully saturated rings. The van der Waals surface area contributed by atoms with Crippen LogP contribution in [0.1, 0.15) is 54.9 Å². The number of anilines is 1. The predicted octanol–water partition coefficient (Wildman–Crippen LogP) is 6.87. The lowest BCUT2D eigenvalue weighted by molar-refractivity contribution is -0.132. The van der Waals surface area contributed by atoms with Gasteiger partial charge in [0.05, 0.1) is 0 Å². The van der Waals surface area contributed by atoms with Crippen molar-refractivity contribution in [2.75, 3.05) is 18.4 Å². The highest BCUT2D eigenvalue weighted by Gasteiger charge is 2.35. The second-order valence-electron chi connectivity index (χ2n) is 11.0. The van der Waals surface area contributed by atoms with Crippen LogP contribution in [-0.4, -0.2) is 45.9 Å². The van der Waals surface area contributed by atoms with Crippen molar-refractivity contribution in [1.29, 1.82) is 0 Å². The van der Waals surface area contributed by atoms with E-state index >= 15 is 0 Å². The van der Waals surface area contributed by atoms with Crippen molar-refractivity contribution < 1.29 is 9.59 Å². The topological polar surface area (TPSA) is 68.4 Å². The van der Waals surface area contributed by atoms with Gasteiger partial charge in [-0.05, 0) is 67.0 Å². The number of rotatable bonds is 10. The number of benzene rings is 3. The van der Waals surface area contributed by atoms with Gasteiger partial charge in [0.2, 0.25) is 5.91 Å². The summed E-state index contributed by atoms with van der Waals surface area (Å²) in [6.07, 6.45) is 4.63. The molecule has 3 amide bonds. The molecule has 3 aromatic carbocycles. The molecule has 1 aliphatic carbocycles. The van der Waals surface area contributed by atoms with Crippen LogP contribution in [0.15, 0.2) is 79.0 Å². The molecule has 39 heavy (non-hydrogen) atoms. The van der Waals surface area contributed by atoms with Crippen LogP contribution in [0, 0.1) is 6.92 Å². The standard InChI is InChI=1S/C33H38N4O2/c1-23(2)26-12-14-28(15-13-26)35-33(39)37(29-16-17-29)22-32(38)36(21-25-10-8-24(3)9-11-25)19-18-27-20-34-31-7-5-4-6-30(27)31/h4-15,20,23,29,34H,16-19,21-22H2,1-3H3,(H,35,39). The zero-order chi connectivity index (χ0) is 27.4. The summed E-state index contributed by atoms with van der Waals surface area (Å²) < 4.78 is 0. The minimum absolute atomic E-state index is 0.0346. The Morgan fingerprint density at radius 1 is 0.974 bits per heavy atom. The van der Waals surface area contributed by atoms with Gasteiger partial charge in [-0.1, -0.05) is 74.0 Å². The SMILES string of the molecule is Cc1ccc(CN(CCc2c[nH]c3ccccc23)C(=O)CN(C(=O)Nc2ccc(C(C)C)cc2)C2CC2)cc1. The van der Waals surface area contributed by atoms with E-state index in [0.29, 0.717) is 19.0 Å². The number of hydrogen-bond donors (Lipinski definition) is 2. The second kappa shape index (κ2) is 11.8. The first kappa shape index (κ1) is 26.5. The predicted molar refractivity (Wildman–Crippen MR) is 158 cm³/mol. The molecule has 6 nitrogen and oxygen atoms in total. The van der Waals surface area contributed by atoms with Crippen molar-refractivity contribution >= 4 is 28.5 Å². The zero-order valence-corrected chi connectivity index (χ0v) is 23.1. The fourth-order valence-electron chi connectivity index (χ4n) is 4.94. The quantitative estimate of drug-likeness (QED) is 0.239. The van der Waals surface area contributed by atoms with Crippen molar-refractivity contribution in [3.05, 3.63) is 101 Å². The fourth-order valence-corrected chi connectivity index (χ4v) is 4.94. The lowest BCUT2D eigenvalue weighted by Crippen LogP contribution is -2.45. The highest BCUT2D eigenvalue weighted by molar-refractivity contribution is 5.93. The van der Waals surface area contributed by atoms with Gasteiger partial charge in [-0.15, -0.1) is 0 Å². The number of amides is 3. The molecule has 0 saturated heterocycles. The Balaban J connectivity index is 1.30. The van der Waals surface area contributed by atoms with E-state index in [-0.39, 0.29) is 24.5 Å². The lowest BCUT2D eigenvalue weighted by Gasteiger charge is -2.28. The molecule has 0 radical (unpaired) electrons. The van der Waals surface area contributed by atoms with Crippen molar-refractivity contribution in [3.63, 3.8) is 0 Å². The monoisotopic (exact) mass is 522 g/mol. The molecule has 0 bridgehead atoms. The normalized spacial score (nSPS) is 13.0. The maximum Gasteiger partial charge on any atom is 0.322 e. The average molecular weight is 523 g/mol. The number of carbonyl (C=O) groups is 2. The van der Waals surface area contributed by atoms with Crippen LogP contribution >= 0.6 is 0 Å². The summed E-state index contributed by atoms with van der Waals surface area (Å²) in [5, 5.41) is 4.20. The molecule has 1 heterocycles. The van der Waals surface area contributed by atoms with Gasteiger partial charge in [0, 0.05) is 41.9 Å². The first-order valence-corrected chi connectivity index (χ1v) is 13.9. The first-order valence-electron chi connectivity index (χ1n) is 13.9. The minimum atomic E-state index is -0.213. The maximum absolute atomic E-state index is 13.8. The number of nitrogens with zero attached hydrogens (tertiary/aromatic N) is 2. The molecule has 0 atom stereocenters.